The first-order chi connectivity index (χ1) is 9.97. The van der Waals surface area contributed by atoms with Crippen LogP contribution in [-0.4, -0.2) is 20.9 Å². The number of aromatic nitrogens is 2. The zero-order valence-corrected chi connectivity index (χ0v) is 13.6. The molecule has 0 amide bonds. The molecule has 0 atom stereocenters. The summed E-state index contributed by atoms with van der Waals surface area (Å²) in [5.41, 5.74) is 4.03. The lowest BCUT2D eigenvalue weighted by Crippen LogP contribution is -2.06. The van der Waals surface area contributed by atoms with E-state index in [9.17, 15) is 4.79 Å². The molecular weight excluding hydrogens is 334 g/mol. The van der Waals surface area contributed by atoms with Crippen LogP contribution in [0.2, 0.25) is 0 Å². The zero-order chi connectivity index (χ0) is 15.4. The van der Waals surface area contributed by atoms with Crippen molar-refractivity contribution in [1.82, 2.24) is 9.78 Å². The van der Waals surface area contributed by atoms with E-state index in [1.165, 1.54) is 0 Å². The molecule has 1 aromatic heterocycles. The summed E-state index contributed by atoms with van der Waals surface area (Å²) in [6, 6.07) is 7.84. The molecule has 0 aliphatic carbocycles. The van der Waals surface area contributed by atoms with Crippen molar-refractivity contribution in [2.75, 3.05) is 5.32 Å². The third kappa shape index (κ3) is 4.07. The highest BCUT2D eigenvalue weighted by Crippen LogP contribution is 2.21. The monoisotopic (exact) mass is 351 g/mol. The molecule has 0 spiro atoms. The number of nitrogens with one attached hydrogen (secondary N) is 1. The predicted octanol–water partition coefficient (Wildman–Crippen LogP) is 3.12. The van der Waals surface area contributed by atoms with Crippen LogP contribution in [0.3, 0.4) is 0 Å². The van der Waals surface area contributed by atoms with Gasteiger partial charge in [-0.25, -0.2) is 0 Å². The summed E-state index contributed by atoms with van der Waals surface area (Å²) in [6.07, 6.45) is 0.690. The van der Waals surface area contributed by atoms with Crippen LogP contribution in [-0.2, 0) is 24.8 Å². The van der Waals surface area contributed by atoms with Gasteiger partial charge in [0.2, 0.25) is 0 Å². The Labute approximate surface area is 132 Å². The first-order valence-electron chi connectivity index (χ1n) is 6.70. The molecule has 0 saturated heterocycles. The van der Waals surface area contributed by atoms with Gasteiger partial charge < -0.3 is 10.4 Å². The van der Waals surface area contributed by atoms with Crippen molar-refractivity contribution in [3.63, 3.8) is 0 Å². The third-order valence-corrected chi connectivity index (χ3v) is 4.31. The van der Waals surface area contributed by atoms with Crippen LogP contribution in [0.15, 0.2) is 28.7 Å². The van der Waals surface area contributed by atoms with Crippen molar-refractivity contribution in [2.45, 2.75) is 26.3 Å². The first kappa shape index (κ1) is 15.6. The van der Waals surface area contributed by atoms with Gasteiger partial charge in [-0.1, -0.05) is 12.1 Å². The number of carboxylic acids is 1. The minimum absolute atomic E-state index is 0.149. The number of benzene rings is 1. The molecule has 0 aliphatic heterocycles. The average Bonchev–Trinajstić information content (AvgIpc) is 2.68. The maximum atomic E-state index is 10.6. The highest BCUT2D eigenvalue weighted by atomic mass is 79.9. The van der Waals surface area contributed by atoms with Crippen LogP contribution >= 0.6 is 15.9 Å². The molecule has 2 aromatic rings. The molecule has 2 rings (SSSR count). The number of hydrogen-bond donors (Lipinski definition) is 2. The molecule has 2 N–H and O–H groups in total. The summed E-state index contributed by atoms with van der Waals surface area (Å²) in [6.45, 7) is 2.61. The first-order valence-corrected chi connectivity index (χ1v) is 7.49. The summed E-state index contributed by atoms with van der Waals surface area (Å²) < 4.78 is 2.86. The summed E-state index contributed by atoms with van der Waals surface area (Å²) in [4.78, 5) is 10.6. The summed E-state index contributed by atoms with van der Waals surface area (Å²) >= 11 is 3.54. The fourth-order valence-corrected chi connectivity index (χ4v) is 2.62. The number of carbonyl (C=O) groups is 1. The number of aryl methyl sites for hydroxylation is 3. The van der Waals surface area contributed by atoms with E-state index in [-0.39, 0.29) is 6.42 Å². The molecular formula is C15H18BrN3O2. The Balaban J connectivity index is 2.03. The molecule has 0 saturated carbocycles. The van der Waals surface area contributed by atoms with E-state index in [0.29, 0.717) is 13.0 Å². The number of nitrogens with zero attached hydrogens (tertiary/aromatic N) is 2. The SMILES string of the molecule is Cc1nn(C)c(CNc2cccc(CCC(=O)O)c2)c1Br. The average molecular weight is 352 g/mol. The van der Waals surface area contributed by atoms with Crippen molar-refractivity contribution >= 4 is 27.6 Å². The molecule has 0 fully saturated rings. The minimum Gasteiger partial charge on any atom is -0.481 e. The molecule has 0 unspecified atom stereocenters. The van der Waals surface area contributed by atoms with Crippen LogP contribution in [0, 0.1) is 6.92 Å². The van der Waals surface area contributed by atoms with E-state index in [4.69, 9.17) is 5.11 Å². The number of aliphatic carboxylic acids is 1. The zero-order valence-electron chi connectivity index (χ0n) is 12.1. The van der Waals surface area contributed by atoms with Gasteiger partial charge >= 0.3 is 5.97 Å². The van der Waals surface area contributed by atoms with E-state index in [1.807, 2.05) is 42.9 Å². The van der Waals surface area contributed by atoms with Gasteiger partial charge in [0.05, 0.1) is 22.4 Å². The topological polar surface area (TPSA) is 67.2 Å². The molecule has 21 heavy (non-hydrogen) atoms. The van der Waals surface area contributed by atoms with Crippen LogP contribution in [0.25, 0.3) is 0 Å². The minimum atomic E-state index is -0.775. The maximum Gasteiger partial charge on any atom is 0.303 e. The maximum absolute atomic E-state index is 10.6. The molecule has 0 radical (unpaired) electrons. The molecule has 1 aromatic carbocycles. The summed E-state index contributed by atoms with van der Waals surface area (Å²) in [5.74, 6) is -0.775. The van der Waals surface area contributed by atoms with Crippen LogP contribution in [0.4, 0.5) is 5.69 Å². The van der Waals surface area contributed by atoms with E-state index < -0.39 is 5.97 Å². The second-order valence-electron chi connectivity index (χ2n) is 4.92. The molecule has 0 bridgehead atoms. The van der Waals surface area contributed by atoms with E-state index >= 15 is 0 Å². The number of rotatable bonds is 6. The van der Waals surface area contributed by atoms with Gasteiger partial charge in [0, 0.05) is 19.2 Å². The second kappa shape index (κ2) is 6.76. The molecule has 6 heteroatoms. The van der Waals surface area contributed by atoms with E-state index in [2.05, 4.69) is 26.3 Å². The number of halogens is 1. The third-order valence-electron chi connectivity index (χ3n) is 3.28. The standard InChI is InChI=1S/C15H18BrN3O2/c1-10-15(16)13(19(2)18-10)9-17-12-5-3-4-11(8-12)6-7-14(20)21/h3-5,8,17H,6-7,9H2,1-2H3,(H,20,21). The van der Waals surface area contributed by atoms with Crippen molar-refractivity contribution in [1.29, 1.82) is 0 Å². The lowest BCUT2D eigenvalue weighted by molar-refractivity contribution is -0.136. The second-order valence-corrected chi connectivity index (χ2v) is 5.71. The van der Waals surface area contributed by atoms with Crippen LogP contribution in [0.5, 0.6) is 0 Å². The van der Waals surface area contributed by atoms with Gasteiger partial charge in [0.25, 0.3) is 0 Å². The van der Waals surface area contributed by atoms with E-state index in [0.717, 1.165) is 27.1 Å². The summed E-state index contributed by atoms with van der Waals surface area (Å²) in [7, 11) is 1.91. The highest BCUT2D eigenvalue weighted by molar-refractivity contribution is 9.10. The molecule has 0 aliphatic rings. The molecule has 5 nitrogen and oxygen atoms in total. The lowest BCUT2D eigenvalue weighted by Gasteiger charge is -2.09. The quantitative estimate of drug-likeness (QED) is 0.838. The Morgan fingerprint density at radius 3 is 2.86 bits per heavy atom. The van der Waals surface area contributed by atoms with Gasteiger partial charge in [0.1, 0.15) is 0 Å². The van der Waals surface area contributed by atoms with Crippen molar-refractivity contribution in [2.24, 2.45) is 7.05 Å². The fourth-order valence-electron chi connectivity index (χ4n) is 2.15. The number of hydrogen-bond acceptors (Lipinski definition) is 3. The lowest BCUT2D eigenvalue weighted by atomic mass is 10.1. The molecule has 1 heterocycles. The Kier molecular flexibility index (Phi) is 5.01. The Hall–Kier alpha value is -1.82. The smallest absolute Gasteiger partial charge is 0.303 e. The van der Waals surface area contributed by atoms with Gasteiger partial charge in [-0.15, -0.1) is 0 Å². The molecule has 112 valence electrons. The van der Waals surface area contributed by atoms with Gasteiger partial charge in [-0.3, -0.25) is 9.48 Å². The number of carboxylic acid groups (broad SMARTS) is 1. The van der Waals surface area contributed by atoms with E-state index in [1.54, 1.807) is 0 Å². The number of anilines is 1. The highest BCUT2D eigenvalue weighted by Gasteiger charge is 2.10. The largest absolute Gasteiger partial charge is 0.481 e. The normalized spacial score (nSPS) is 10.6. The van der Waals surface area contributed by atoms with Gasteiger partial charge in [0.15, 0.2) is 0 Å². The van der Waals surface area contributed by atoms with Crippen LogP contribution < -0.4 is 5.32 Å². The predicted molar refractivity (Wildman–Crippen MR) is 85.4 cm³/mol. The van der Waals surface area contributed by atoms with Crippen molar-refractivity contribution in [3.05, 3.63) is 45.7 Å². The Bertz CT molecular complexity index is 652. The van der Waals surface area contributed by atoms with Crippen molar-refractivity contribution in [3.8, 4) is 0 Å². The summed E-state index contributed by atoms with van der Waals surface area (Å²) in [5, 5.41) is 16.4. The Morgan fingerprint density at radius 2 is 2.24 bits per heavy atom. The Morgan fingerprint density at radius 1 is 1.48 bits per heavy atom. The fraction of sp³-hybridized carbons (Fsp3) is 0.333. The van der Waals surface area contributed by atoms with Gasteiger partial charge in [-0.2, -0.15) is 5.10 Å². The van der Waals surface area contributed by atoms with Gasteiger partial charge in [-0.05, 0) is 47.0 Å². The van der Waals surface area contributed by atoms with Crippen LogP contribution in [0.1, 0.15) is 23.4 Å². The van der Waals surface area contributed by atoms with Crippen molar-refractivity contribution < 1.29 is 9.90 Å².